The lowest BCUT2D eigenvalue weighted by Gasteiger charge is -2.09. The highest BCUT2D eigenvalue weighted by Gasteiger charge is 2.17. The summed E-state index contributed by atoms with van der Waals surface area (Å²) in [5.41, 5.74) is 2.96. The molecule has 5 rings (SSSR count). The lowest BCUT2D eigenvalue weighted by Crippen LogP contribution is -2.04. The fraction of sp³-hybridized carbons (Fsp3) is 0.0952. The summed E-state index contributed by atoms with van der Waals surface area (Å²) in [6.07, 6.45) is 0. The molecule has 0 radical (unpaired) electrons. The number of aliphatic hydroxyl groups is 1. The first-order valence-corrected chi connectivity index (χ1v) is 11.6. The van der Waals surface area contributed by atoms with E-state index < -0.39 is 0 Å². The van der Waals surface area contributed by atoms with Gasteiger partial charge in [-0.15, -0.1) is 34.0 Å². The quantitative estimate of drug-likeness (QED) is 0.360. The Labute approximate surface area is 179 Å². The van der Waals surface area contributed by atoms with E-state index in [0.29, 0.717) is 12.2 Å². The molecule has 144 valence electrons. The number of anilines is 1. The number of hydrogen-bond acceptors (Lipinski definition) is 8. The second kappa shape index (κ2) is 8.00. The molecular weight excluding hydrogens is 420 g/mol. The van der Waals surface area contributed by atoms with Crippen LogP contribution in [0.15, 0.2) is 58.6 Å². The molecule has 1 aromatic carbocycles. The average molecular weight is 437 g/mol. The highest BCUT2D eigenvalue weighted by atomic mass is 32.1. The molecular formula is C21H16N4OS3. The van der Waals surface area contributed by atoms with Crippen LogP contribution in [0, 0.1) is 0 Å². The van der Waals surface area contributed by atoms with Crippen LogP contribution >= 0.6 is 34.0 Å². The van der Waals surface area contributed by atoms with Crippen molar-refractivity contribution in [3.8, 4) is 21.8 Å². The van der Waals surface area contributed by atoms with Crippen molar-refractivity contribution in [2.45, 2.75) is 13.2 Å². The number of rotatable bonds is 6. The Morgan fingerprint density at radius 1 is 0.897 bits per heavy atom. The summed E-state index contributed by atoms with van der Waals surface area (Å²) in [6.45, 7) is 0.504. The Bertz CT molecular complexity index is 1250. The molecule has 5 aromatic rings. The van der Waals surface area contributed by atoms with Gasteiger partial charge in [0.05, 0.1) is 29.1 Å². The van der Waals surface area contributed by atoms with Gasteiger partial charge in [-0.05, 0) is 17.0 Å². The highest BCUT2D eigenvalue weighted by Crippen LogP contribution is 2.38. The number of aromatic nitrogens is 3. The number of nitrogens with zero attached hydrogens (tertiary/aromatic N) is 3. The van der Waals surface area contributed by atoms with E-state index in [4.69, 9.17) is 9.97 Å². The average Bonchev–Trinajstić information content (AvgIpc) is 3.53. The zero-order chi connectivity index (χ0) is 19.6. The number of thiophene rings is 2. The molecule has 0 atom stereocenters. The van der Waals surface area contributed by atoms with Gasteiger partial charge in [-0.1, -0.05) is 36.4 Å². The molecule has 0 aliphatic heterocycles. The van der Waals surface area contributed by atoms with E-state index in [0.717, 1.165) is 42.9 Å². The molecule has 0 aliphatic rings. The Morgan fingerprint density at radius 3 is 2.55 bits per heavy atom. The fourth-order valence-electron chi connectivity index (χ4n) is 3.08. The molecule has 2 N–H and O–H groups in total. The van der Waals surface area contributed by atoms with Crippen molar-refractivity contribution in [1.82, 2.24) is 15.0 Å². The molecule has 29 heavy (non-hydrogen) atoms. The SMILES string of the molecule is OCc1csc(CNc2nc(-c3cccs3)nc3scc(-c4ccccc4)c23)n1. The van der Waals surface area contributed by atoms with Gasteiger partial charge in [0.2, 0.25) is 0 Å². The minimum atomic E-state index is -0.0422. The second-order valence-corrected chi connectivity index (χ2v) is 9.06. The third kappa shape index (κ3) is 3.67. The summed E-state index contributed by atoms with van der Waals surface area (Å²) in [5, 5.41) is 20.7. The Balaban J connectivity index is 1.60. The van der Waals surface area contributed by atoms with Gasteiger partial charge in [-0.2, -0.15) is 0 Å². The van der Waals surface area contributed by atoms with Gasteiger partial charge in [-0.3, -0.25) is 0 Å². The molecule has 0 saturated heterocycles. The second-order valence-electron chi connectivity index (χ2n) is 6.31. The van der Waals surface area contributed by atoms with Gasteiger partial charge in [-0.25, -0.2) is 15.0 Å². The number of fused-ring (bicyclic) bond motifs is 1. The molecule has 4 heterocycles. The zero-order valence-corrected chi connectivity index (χ0v) is 17.7. The van der Waals surface area contributed by atoms with Crippen LogP contribution < -0.4 is 5.32 Å². The largest absolute Gasteiger partial charge is 0.390 e. The normalized spacial score (nSPS) is 11.2. The molecule has 0 aliphatic carbocycles. The first kappa shape index (κ1) is 18.4. The Morgan fingerprint density at radius 2 is 1.79 bits per heavy atom. The van der Waals surface area contributed by atoms with Crippen molar-refractivity contribution in [1.29, 1.82) is 0 Å². The molecule has 0 amide bonds. The minimum absolute atomic E-state index is 0.0422. The molecule has 4 aromatic heterocycles. The summed E-state index contributed by atoms with van der Waals surface area (Å²) in [7, 11) is 0. The zero-order valence-electron chi connectivity index (χ0n) is 15.2. The summed E-state index contributed by atoms with van der Waals surface area (Å²) in [5.74, 6) is 1.53. The van der Waals surface area contributed by atoms with Gasteiger partial charge in [0.15, 0.2) is 5.82 Å². The van der Waals surface area contributed by atoms with Crippen LogP contribution in [0.25, 0.3) is 32.0 Å². The van der Waals surface area contributed by atoms with E-state index in [2.05, 4.69) is 27.8 Å². The van der Waals surface area contributed by atoms with Crippen molar-refractivity contribution in [3.05, 3.63) is 69.3 Å². The van der Waals surface area contributed by atoms with Crippen LogP contribution in [0.2, 0.25) is 0 Å². The summed E-state index contributed by atoms with van der Waals surface area (Å²) in [6, 6.07) is 14.4. The topological polar surface area (TPSA) is 70.9 Å². The summed E-state index contributed by atoms with van der Waals surface area (Å²) in [4.78, 5) is 16.1. The molecule has 8 heteroatoms. The van der Waals surface area contributed by atoms with Crippen LogP contribution in [0.5, 0.6) is 0 Å². The maximum Gasteiger partial charge on any atom is 0.173 e. The summed E-state index contributed by atoms with van der Waals surface area (Å²) < 4.78 is 0. The van der Waals surface area contributed by atoms with Crippen molar-refractivity contribution in [2.75, 3.05) is 5.32 Å². The monoisotopic (exact) mass is 436 g/mol. The van der Waals surface area contributed by atoms with Crippen molar-refractivity contribution >= 4 is 50.0 Å². The van der Waals surface area contributed by atoms with Gasteiger partial charge in [0.25, 0.3) is 0 Å². The fourth-order valence-corrected chi connectivity index (χ4v) is 5.41. The lowest BCUT2D eigenvalue weighted by atomic mass is 10.1. The summed E-state index contributed by atoms with van der Waals surface area (Å²) >= 11 is 4.79. The van der Waals surface area contributed by atoms with Crippen molar-refractivity contribution < 1.29 is 5.11 Å². The van der Waals surface area contributed by atoms with Gasteiger partial charge in [0, 0.05) is 16.3 Å². The maximum atomic E-state index is 9.26. The van der Waals surface area contributed by atoms with Gasteiger partial charge < -0.3 is 10.4 Å². The maximum absolute atomic E-state index is 9.26. The van der Waals surface area contributed by atoms with Gasteiger partial charge in [0.1, 0.15) is 15.7 Å². The van der Waals surface area contributed by atoms with Crippen molar-refractivity contribution in [2.24, 2.45) is 0 Å². The molecule has 5 nitrogen and oxygen atoms in total. The predicted octanol–water partition coefficient (Wildman–Crippen LogP) is 5.65. The lowest BCUT2D eigenvalue weighted by molar-refractivity contribution is 0.277. The number of nitrogens with one attached hydrogen (secondary N) is 1. The van der Waals surface area contributed by atoms with E-state index in [-0.39, 0.29) is 6.61 Å². The van der Waals surface area contributed by atoms with Crippen LogP contribution in [0.4, 0.5) is 5.82 Å². The molecule has 0 saturated carbocycles. The first-order valence-electron chi connectivity index (χ1n) is 8.98. The molecule has 0 unspecified atom stereocenters. The van der Waals surface area contributed by atoms with E-state index in [1.165, 1.54) is 11.3 Å². The Kier molecular flexibility index (Phi) is 5.07. The number of benzene rings is 1. The molecule has 0 bridgehead atoms. The number of hydrogen-bond donors (Lipinski definition) is 2. The van der Waals surface area contributed by atoms with Gasteiger partial charge >= 0.3 is 0 Å². The first-order chi connectivity index (χ1) is 14.3. The third-order valence-electron chi connectivity index (χ3n) is 4.43. The number of aliphatic hydroxyl groups excluding tert-OH is 1. The van der Waals surface area contributed by atoms with Crippen LogP contribution in [0.3, 0.4) is 0 Å². The van der Waals surface area contributed by atoms with E-state index in [1.54, 1.807) is 22.7 Å². The van der Waals surface area contributed by atoms with E-state index in [1.807, 2.05) is 41.1 Å². The van der Waals surface area contributed by atoms with Crippen molar-refractivity contribution in [3.63, 3.8) is 0 Å². The molecule has 0 spiro atoms. The third-order valence-corrected chi connectivity index (χ3v) is 7.06. The number of thiazole rings is 1. The highest BCUT2D eigenvalue weighted by molar-refractivity contribution is 7.17. The minimum Gasteiger partial charge on any atom is -0.390 e. The van der Waals surface area contributed by atoms with Crippen LogP contribution in [0.1, 0.15) is 10.7 Å². The smallest absolute Gasteiger partial charge is 0.173 e. The van der Waals surface area contributed by atoms with E-state index >= 15 is 0 Å². The Hall–Kier alpha value is -2.65. The van der Waals surface area contributed by atoms with Crippen LogP contribution in [-0.4, -0.2) is 20.1 Å². The predicted molar refractivity (Wildman–Crippen MR) is 122 cm³/mol. The van der Waals surface area contributed by atoms with Crippen LogP contribution in [-0.2, 0) is 13.2 Å². The van der Waals surface area contributed by atoms with E-state index in [9.17, 15) is 5.11 Å². The molecule has 0 fully saturated rings. The standard InChI is InChI=1S/C21H16N4OS3/c26-10-14-11-28-17(23-14)9-22-20-18-15(13-5-2-1-3-6-13)12-29-21(18)25-19(24-20)16-7-4-8-27-16/h1-8,11-12,26H,9-10H2,(H,22,24,25).